The number of hydrogen-bond donors (Lipinski definition) is 0. The number of allylic oxidation sites excluding steroid dienone is 2. The van der Waals surface area contributed by atoms with E-state index in [-0.39, 0.29) is 25.4 Å². The van der Waals surface area contributed by atoms with Crippen LogP contribution in [0, 0.1) is 0 Å². The van der Waals surface area contributed by atoms with E-state index in [0.29, 0.717) is 0 Å². The molecule has 0 aromatic carbocycles. The molecular weight excluding hydrogens is 344 g/mol. The fourth-order valence-electron chi connectivity index (χ4n) is 0.957. The molecule has 2 unspecified atom stereocenters. The maximum atomic E-state index is 11.0. The molecule has 11 heteroatoms. The maximum absolute atomic E-state index is 11.0. The van der Waals surface area contributed by atoms with Gasteiger partial charge < -0.3 is 14.2 Å². The Kier molecular flexibility index (Phi) is 13.8. The summed E-state index contributed by atoms with van der Waals surface area (Å²) in [6.07, 6.45) is 2.47. The van der Waals surface area contributed by atoms with Crippen molar-refractivity contribution in [2.45, 2.75) is 39.9 Å². The predicted molar refractivity (Wildman–Crippen MR) is 78.8 cm³/mol. The summed E-state index contributed by atoms with van der Waals surface area (Å²) >= 11 is 0. The molecule has 2 atom stereocenters. The maximum Gasteiger partial charge on any atom is 0.553 e. The zero-order valence-electron chi connectivity index (χ0n) is 14.4. The SMILES string of the molecule is CC=COC(C)COOOC(=O)OC(=O)OOOCC(C)OC=CC. The predicted octanol–water partition coefficient (Wildman–Crippen LogP) is 2.88. The third kappa shape index (κ3) is 15.0. The smallest absolute Gasteiger partial charge is 0.496 e. The van der Waals surface area contributed by atoms with Crippen molar-refractivity contribution < 1.29 is 53.4 Å². The second-order valence-electron chi connectivity index (χ2n) is 4.31. The van der Waals surface area contributed by atoms with E-state index < -0.39 is 12.3 Å². The highest BCUT2D eigenvalue weighted by Gasteiger charge is 2.17. The standard InChI is InChI=1S/C14H22O11/c1-5-7-17-11(3)9-19-24-22-13(15)21-14(16)23-25-20-10-12(4)18-8-6-2/h5-8,11-12H,9-10H2,1-4H3. The monoisotopic (exact) mass is 366 g/mol. The molecule has 0 amide bonds. The van der Waals surface area contributed by atoms with E-state index in [1.54, 1.807) is 39.8 Å². The van der Waals surface area contributed by atoms with Gasteiger partial charge in [0.05, 0.1) is 12.5 Å². The molecule has 25 heavy (non-hydrogen) atoms. The van der Waals surface area contributed by atoms with Crippen molar-refractivity contribution in [1.82, 2.24) is 0 Å². The molecule has 0 aliphatic carbocycles. The van der Waals surface area contributed by atoms with Crippen LogP contribution in [-0.2, 0) is 43.8 Å². The molecule has 11 nitrogen and oxygen atoms in total. The van der Waals surface area contributed by atoms with Gasteiger partial charge in [-0.2, -0.15) is 19.4 Å². The lowest BCUT2D eigenvalue weighted by molar-refractivity contribution is -0.496. The number of carbonyl (C=O) groups excluding carboxylic acids is 2. The molecule has 0 saturated carbocycles. The van der Waals surface area contributed by atoms with Crippen molar-refractivity contribution >= 4 is 12.3 Å². The van der Waals surface area contributed by atoms with Crippen molar-refractivity contribution in [3.8, 4) is 0 Å². The van der Waals surface area contributed by atoms with Gasteiger partial charge in [0.1, 0.15) is 25.4 Å². The minimum atomic E-state index is -1.54. The Balaban J connectivity index is 3.63. The number of carbonyl (C=O) groups is 2. The first-order valence-corrected chi connectivity index (χ1v) is 7.20. The average molecular weight is 366 g/mol. The van der Waals surface area contributed by atoms with Crippen molar-refractivity contribution in [1.29, 1.82) is 0 Å². The second-order valence-corrected chi connectivity index (χ2v) is 4.31. The summed E-state index contributed by atoms with van der Waals surface area (Å²) in [4.78, 5) is 39.0. The van der Waals surface area contributed by atoms with Crippen molar-refractivity contribution in [2.24, 2.45) is 0 Å². The van der Waals surface area contributed by atoms with Crippen LogP contribution in [0.4, 0.5) is 9.59 Å². The van der Waals surface area contributed by atoms with Crippen LogP contribution in [0.2, 0.25) is 0 Å². The van der Waals surface area contributed by atoms with Gasteiger partial charge in [0.15, 0.2) is 0 Å². The molecule has 144 valence electrons. The molecule has 0 N–H and O–H groups in total. The first-order chi connectivity index (χ1) is 12.0. The van der Waals surface area contributed by atoms with E-state index in [2.05, 4.69) is 34.4 Å². The Hall–Kier alpha value is -2.34. The van der Waals surface area contributed by atoms with Gasteiger partial charge in [-0.1, -0.05) is 12.2 Å². The first-order valence-electron chi connectivity index (χ1n) is 7.20. The van der Waals surface area contributed by atoms with Crippen LogP contribution in [0.5, 0.6) is 0 Å². The van der Waals surface area contributed by atoms with Crippen LogP contribution in [0.3, 0.4) is 0 Å². The minimum Gasteiger partial charge on any atom is -0.496 e. The largest absolute Gasteiger partial charge is 0.553 e. The lowest BCUT2D eigenvalue weighted by Gasteiger charge is -2.10. The Morgan fingerprint density at radius 2 is 1.20 bits per heavy atom. The van der Waals surface area contributed by atoms with Gasteiger partial charge in [0.25, 0.3) is 0 Å². The summed E-state index contributed by atoms with van der Waals surface area (Å²) < 4.78 is 14.1. The highest BCUT2D eigenvalue weighted by molar-refractivity contribution is 5.76. The van der Waals surface area contributed by atoms with Gasteiger partial charge in [0.2, 0.25) is 0 Å². The Bertz CT molecular complexity index is 383. The van der Waals surface area contributed by atoms with Crippen LogP contribution in [-0.4, -0.2) is 37.7 Å². The van der Waals surface area contributed by atoms with Crippen molar-refractivity contribution in [3.05, 3.63) is 24.7 Å². The molecule has 0 spiro atoms. The summed E-state index contributed by atoms with van der Waals surface area (Å²) in [7, 11) is 0. The van der Waals surface area contributed by atoms with E-state index >= 15 is 0 Å². The van der Waals surface area contributed by atoms with Crippen molar-refractivity contribution in [3.63, 3.8) is 0 Å². The van der Waals surface area contributed by atoms with Crippen molar-refractivity contribution in [2.75, 3.05) is 13.2 Å². The van der Waals surface area contributed by atoms with E-state index in [4.69, 9.17) is 9.47 Å². The second kappa shape index (κ2) is 15.2. The number of hydrogen-bond acceptors (Lipinski definition) is 11. The van der Waals surface area contributed by atoms with Gasteiger partial charge in [-0.15, -0.1) is 0 Å². The number of ether oxygens (including phenoxy) is 3. The normalized spacial score (nSPS) is 13.4. The van der Waals surface area contributed by atoms with Crippen LogP contribution >= 0.6 is 0 Å². The van der Waals surface area contributed by atoms with E-state index in [1.807, 2.05) is 0 Å². The van der Waals surface area contributed by atoms with E-state index in [1.165, 1.54) is 12.5 Å². The molecule has 0 bridgehead atoms. The third-order valence-electron chi connectivity index (χ3n) is 1.97. The molecule has 0 rings (SSSR count). The lowest BCUT2D eigenvalue weighted by Crippen LogP contribution is -2.19. The molecule has 0 saturated heterocycles. The summed E-state index contributed by atoms with van der Waals surface area (Å²) in [6.45, 7) is 6.81. The van der Waals surface area contributed by atoms with E-state index in [0.717, 1.165) is 0 Å². The Labute approximate surface area is 144 Å². The molecule has 0 aliphatic rings. The average Bonchev–Trinajstić information content (AvgIpc) is 2.58. The topological polar surface area (TPSA) is 117 Å². The first kappa shape index (κ1) is 22.7. The molecule has 0 radical (unpaired) electrons. The fourth-order valence-corrected chi connectivity index (χ4v) is 0.957. The Morgan fingerprint density at radius 3 is 1.56 bits per heavy atom. The van der Waals surface area contributed by atoms with Crippen LogP contribution < -0.4 is 0 Å². The summed E-state index contributed by atoms with van der Waals surface area (Å²) in [5.74, 6) is 0. The highest BCUT2D eigenvalue weighted by Crippen LogP contribution is 1.98. The van der Waals surface area contributed by atoms with E-state index in [9.17, 15) is 9.59 Å². The molecule has 0 heterocycles. The summed E-state index contributed by atoms with van der Waals surface area (Å²) in [5, 5.41) is 8.12. The van der Waals surface area contributed by atoms with Crippen LogP contribution in [0.25, 0.3) is 0 Å². The lowest BCUT2D eigenvalue weighted by atomic mass is 10.4. The highest BCUT2D eigenvalue weighted by atomic mass is 17.5. The summed E-state index contributed by atoms with van der Waals surface area (Å²) in [5.41, 5.74) is 0. The quantitative estimate of drug-likeness (QED) is 0.127. The zero-order chi connectivity index (χ0) is 18.9. The van der Waals surface area contributed by atoms with Gasteiger partial charge in [-0.05, 0) is 37.8 Å². The molecular formula is C14H22O11. The fraction of sp³-hybridized carbons (Fsp3) is 0.571. The third-order valence-corrected chi connectivity index (χ3v) is 1.97. The van der Waals surface area contributed by atoms with Crippen LogP contribution in [0.1, 0.15) is 27.7 Å². The zero-order valence-corrected chi connectivity index (χ0v) is 14.4. The molecule has 0 aromatic rings. The van der Waals surface area contributed by atoms with Gasteiger partial charge in [-0.25, -0.2) is 9.78 Å². The molecule has 0 aliphatic heterocycles. The van der Waals surface area contributed by atoms with Gasteiger partial charge in [-0.3, -0.25) is 0 Å². The Morgan fingerprint density at radius 1 is 0.800 bits per heavy atom. The summed E-state index contributed by atoms with van der Waals surface area (Å²) in [6, 6.07) is 0. The molecule has 0 aromatic heterocycles. The minimum absolute atomic E-state index is 0.0491. The molecule has 0 fully saturated rings. The van der Waals surface area contributed by atoms with Gasteiger partial charge >= 0.3 is 12.3 Å². The van der Waals surface area contributed by atoms with Crippen LogP contribution in [0.15, 0.2) is 24.7 Å². The van der Waals surface area contributed by atoms with Gasteiger partial charge in [0, 0.05) is 0 Å². The number of rotatable bonds is 12.